The number of benzene rings is 1. The lowest BCUT2D eigenvalue weighted by atomic mass is 10.1. The van der Waals surface area contributed by atoms with Crippen LogP contribution in [0.15, 0.2) is 67.1 Å². The van der Waals surface area contributed by atoms with Gasteiger partial charge in [-0.25, -0.2) is 4.98 Å². The van der Waals surface area contributed by atoms with E-state index in [0.29, 0.717) is 11.4 Å². The van der Waals surface area contributed by atoms with Crippen LogP contribution in [0.1, 0.15) is 32.9 Å². The van der Waals surface area contributed by atoms with E-state index in [2.05, 4.69) is 15.3 Å². The van der Waals surface area contributed by atoms with Gasteiger partial charge in [0.25, 0.3) is 5.91 Å². The molecule has 1 aromatic carbocycles. The lowest BCUT2D eigenvalue weighted by molar-refractivity contribution is 0.102. The summed E-state index contributed by atoms with van der Waals surface area (Å²) >= 11 is 0. The second kappa shape index (κ2) is 7.03. The first-order valence-corrected chi connectivity index (χ1v) is 8.84. The molecule has 0 saturated heterocycles. The number of anilines is 1. The van der Waals surface area contributed by atoms with E-state index in [1.54, 1.807) is 12.4 Å². The largest absolute Gasteiger partial charge is 0.321 e. The number of carbonyl (C=O) groups is 1. The van der Waals surface area contributed by atoms with Crippen molar-refractivity contribution < 1.29 is 4.79 Å². The Morgan fingerprint density at radius 2 is 1.70 bits per heavy atom. The van der Waals surface area contributed by atoms with Crippen LogP contribution in [0, 0.1) is 13.8 Å². The minimum atomic E-state index is -0.161. The van der Waals surface area contributed by atoms with E-state index in [-0.39, 0.29) is 5.91 Å². The number of carbonyl (C=O) groups excluding carboxylic acids is 1. The highest BCUT2D eigenvalue weighted by molar-refractivity contribution is 6.04. The first-order chi connectivity index (χ1) is 13.1. The van der Waals surface area contributed by atoms with Crippen molar-refractivity contribution in [2.24, 2.45) is 0 Å². The number of aromatic nitrogens is 3. The number of fused-ring (bicyclic) bond motifs is 1. The molecule has 27 heavy (non-hydrogen) atoms. The zero-order valence-electron chi connectivity index (χ0n) is 15.3. The summed E-state index contributed by atoms with van der Waals surface area (Å²) in [6.45, 7) is 3.87. The molecule has 1 amide bonds. The minimum absolute atomic E-state index is 0.161. The van der Waals surface area contributed by atoms with E-state index in [4.69, 9.17) is 0 Å². The van der Waals surface area contributed by atoms with E-state index in [9.17, 15) is 4.79 Å². The van der Waals surface area contributed by atoms with Crippen LogP contribution in [0.2, 0.25) is 0 Å². The summed E-state index contributed by atoms with van der Waals surface area (Å²) in [5.74, 6) is -0.161. The predicted molar refractivity (Wildman–Crippen MR) is 106 cm³/mol. The van der Waals surface area contributed by atoms with E-state index in [0.717, 1.165) is 23.3 Å². The van der Waals surface area contributed by atoms with Crippen molar-refractivity contribution in [2.45, 2.75) is 20.3 Å². The number of imidazole rings is 1. The monoisotopic (exact) mass is 356 g/mol. The molecule has 0 bridgehead atoms. The molecule has 134 valence electrons. The Balaban J connectivity index is 1.52. The quantitative estimate of drug-likeness (QED) is 0.596. The number of hydrogen-bond acceptors (Lipinski definition) is 3. The molecule has 0 aliphatic heterocycles. The molecule has 0 fully saturated rings. The van der Waals surface area contributed by atoms with Crippen LogP contribution in [-0.2, 0) is 6.42 Å². The molecular weight excluding hydrogens is 336 g/mol. The van der Waals surface area contributed by atoms with Gasteiger partial charge in [0.2, 0.25) is 0 Å². The third-order valence-corrected chi connectivity index (χ3v) is 4.54. The Hall–Kier alpha value is -3.47. The smallest absolute Gasteiger partial charge is 0.274 e. The Labute approximate surface area is 157 Å². The summed E-state index contributed by atoms with van der Waals surface area (Å²) in [6.07, 6.45) is 6.31. The van der Waals surface area contributed by atoms with Gasteiger partial charge in [0.05, 0.1) is 5.69 Å². The molecule has 0 unspecified atom stereocenters. The van der Waals surface area contributed by atoms with Crippen molar-refractivity contribution in [3.8, 4) is 0 Å². The third kappa shape index (κ3) is 3.58. The van der Waals surface area contributed by atoms with Crippen LogP contribution in [-0.4, -0.2) is 20.3 Å². The summed E-state index contributed by atoms with van der Waals surface area (Å²) in [5, 5.41) is 2.97. The van der Waals surface area contributed by atoms with Gasteiger partial charge >= 0.3 is 0 Å². The van der Waals surface area contributed by atoms with Crippen LogP contribution in [0.25, 0.3) is 5.65 Å². The Morgan fingerprint density at radius 3 is 2.44 bits per heavy atom. The van der Waals surface area contributed by atoms with Crippen LogP contribution in [0.3, 0.4) is 0 Å². The number of nitrogens with one attached hydrogen (secondary N) is 1. The van der Waals surface area contributed by atoms with Crippen molar-refractivity contribution in [3.63, 3.8) is 0 Å². The normalized spacial score (nSPS) is 10.9. The zero-order chi connectivity index (χ0) is 18.8. The topological polar surface area (TPSA) is 59.3 Å². The second-order valence-electron chi connectivity index (χ2n) is 6.66. The number of amides is 1. The number of pyridine rings is 2. The highest BCUT2D eigenvalue weighted by atomic mass is 16.2. The van der Waals surface area contributed by atoms with Gasteiger partial charge in [0.15, 0.2) is 0 Å². The van der Waals surface area contributed by atoms with E-state index in [1.165, 1.54) is 11.1 Å². The van der Waals surface area contributed by atoms with Crippen LogP contribution < -0.4 is 5.32 Å². The molecule has 3 aromatic heterocycles. The highest BCUT2D eigenvalue weighted by Gasteiger charge is 2.16. The van der Waals surface area contributed by atoms with Crippen LogP contribution in [0.5, 0.6) is 0 Å². The molecule has 0 saturated carbocycles. The fraction of sp³-hybridized carbons (Fsp3) is 0.136. The molecule has 4 aromatic rings. The maximum atomic E-state index is 12.8. The zero-order valence-corrected chi connectivity index (χ0v) is 15.3. The second-order valence-corrected chi connectivity index (χ2v) is 6.66. The lowest BCUT2D eigenvalue weighted by Crippen LogP contribution is -2.15. The van der Waals surface area contributed by atoms with Crippen molar-refractivity contribution in [1.29, 1.82) is 0 Å². The Bertz CT molecular complexity index is 1100. The molecular formula is C22H20N4O. The molecule has 5 heteroatoms. The molecule has 0 atom stereocenters. The van der Waals surface area contributed by atoms with Gasteiger partial charge in [-0.2, -0.15) is 0 Å². The van der Waals surface area contributed by atoms with Crippen molar-refractivity contribution >= 4 is 17.2 Å². The Kier molecular flexibility index (Phi) is 4.42. The van der Waals surface area contributed by atoms with Gasteiger partial charge in [-0.05, 0) is 73.4 Å². The molecule has 5 nitrogen and oxygen atoms in total. The number of aryl methyl sites for hydroxylation is 2. The number of nitrogens with zero attached hydrogens (tertiary/aromatic N) is 3. The maximum absolute atomic E-state index is 12.8. The fourth-order valence-corrected chi connectivity index (χ4v) is 3.17. The maximum Gasteiger partial charge on any atom is 0.274 e. The van der Waals surface area contributed by atoms with E-state index < -0.39 is 0 Å². The Morgan fingerprint density at radius 1 is 1.00 bits per heavy atom. The van der Waals surface area contributed by atoms with Crippen LogP contribution >= 0.6 is 0 Å². The van der Waals surface area contributed by atoms with Gasteiger partial charge in [-0.1, -0.05) is 12.1 Å². The molecule has 0 spiro atoms. The SMILES string of the molecule is Cc1ccn2c(C(=O)Nc3ccc(Cc4ccncc4)cc3)c(C)nc2c1. The predicted octanol–water partition coefficient (Wildman–Crippen LogP) is 4.19. The molecule has 4 rings (SSSR count). The highest BCUT2D eigenvalue weighted by Crippen LogP contribution is 2.17. The van der Waals surface area contributed by atoms with Gasteiger partial charge in [-0.3, -0.25) is 14.2 Å². The average molecular weight is 356 g/mol. The number of hydrogen-bond donors (Lipinski definition) is 1. The van der Waals surface area contributed by atoms with Gasteiger partial charge in [0.1, 0.15) is 11.3 Å². The van der Waals surface area contributed by atoms with Gasteiger partial charge in [-0.15, -0.1) is 0 Å². The fourth-order valence-electron chi connectivity index (χ4n) is 3.17. The summed E-state index contributed by atoms with van der Waals surface area (Å²) in [4.78, 5) is 21.3. The standard InChI is InChI=1S/C22H20N4O/c1-15-9-12-26-20(13-15)24-16(2)21(26)22(27)25-19-5-3-17(4-6-19)14-18-7-10-23-11-8-18/h3-13H,14H2,1-2H3,(H,25,27). The number of rotatable bonds is 4. The summed E-state index contributed by atoms with van der Waals surface area (Å²) < 4.78 is 1.83. The summed E-state index contributed by atoms with van der Waals surface area (Å²) in [5.41, 5.74) is 6.33. The summed E-state index contributed by atoms with van der Waals surface area (Å²) in [6, 6.07) is 15.9. The molecule has 1 N–H and O–H groups in total. The third-order valence-electron chi connectivity index (χ3n) is 4.54. The first kappa shape index (κ1) is 17.0. The van der Waals surface area contributed by atoms with Crippen molar-refractivity contribution in [2.75, 3.05) is 5.32 Å². The van der Waals surface area contributed by atoms with Crippen molar-refractivity contribution in [3.05, 3.63) is 95.2 Å². The average Bonchev–Trinajstić information content (AvgIpc) is 2.99. The molecule has 0 radical (unpaired) electrons. The summed E-state index contributed by atoms with van der Waals surface area (Å²) in [7, 11) is 0. The van der Waals surface area contributed by atoms with Crippen LogP contribution in [0.4, 0.5) is 5.69 Å². The van der Waals surface area contributed by atoms with E-state index >= 15 is 0 Å². The van der Waals surface area contributed by atoms with Crippen molar-refractivity contribution in [1.82, 2.24) is 14.4 Å². The van der Waals surface area contributed by atoms with E-state index in [1.807, 2.05) is 73.0 Å². The lowest BCUT2D eigenvalue weighted by Gasteiger charge is -2.08. The molecule has 0 aliphatic carbocycles. The van der Waals surface area contributed by atoms with Gasteiger partial charge < -0.3 is 5.32 Å². The minimum Gasteiger partial charge on any atom is -0.321 e. The first-order valence-electron chi connectivity index (χ1n) is 8.84. The molecule has 0 aliphatic rings. The van der Waals surface area contributed by atoms with Gasteiger partial charge in [0, 0.05) is 24.3 Å². The molecule has 3 heterocycles.